The van der Waals surface area contributed by atoms with Crippen LogP contribution in [0.5, 0.6) is 0 Å². The van der Waals surface area contributed by atoms with Crippen LogP contribution in [0.15, 0.2) is 12.2 Å². The topological polar surface area (TPSA) is 12.0 Å². The van der Waals surface area contributed by atoms with Crippen LogP contribution in [0.25, 0.3) is 0 Å². The lowest BCUT2D eigenvalue weighted by molar-refractivity contribution is -0.139. The molecule has 0 aromatic rings. The van der Waals surface area contributed by atoms with Crippen LogP contribution in [-0.4, -0.2) is 18.8 Å². The second-order valence-electron chi connectivity index (χ2n) is 3.38. The molecule has 0 aromatic carbocycles. The Labute approximate surface area is 83.4 Å². The predicted octanol–water partition coefficient (Wildman–Crippen LogP) is 3.27. The van der Waals surface area contributed by atoms with E-state index in [0.29, 0.717) is 13.0 Å². The summed E-state index contributed by atoms with van der Waals surface area (Å²) in [6.07, 6.45) is -3.73. The Balaban J connectivity index is 4.08. The fourth-order valence-electron chi connectivity index (χ4n) is 1.28. The van der Waals surface area contributed by atoms with Crippen molar-refractivity contribution in [3.63, 3.8) is 0 Å². The molecule has 4 heteroatoms. The Bertz CT molecular complexity index is 175. The third kappa shape index (κ3) is 6.95. The Morgan fingerprint density at radius 2 is 1.93 bits per heavy atom. The summed E-state index contributed by atoms with van der Waals surface area (Å²) in [7, 11) is 0. The van der Waals surface area contributed by atoms with Crippen molar-refractivity contribution in [1.29, 1.82) is 0 Å². The van der Waals surface area contributed by atoms with Crippen LogP contribution in [-0.2, 0) is 0 Å². The minimum atomic E-state index is -4.10. The molecule has 0 aromatic heterocycles. The number of hydrogen-bond donors (Lipinski definition) is 1. The highest BCUT2D eigenvalue weighted by atomic mass is 19.4. The predicted molar refractivity (Wildman–Crippen MR) is 52.2 cm³/mol. The van der Waals surface area contributed by atoms with Gasteiger partial charge in [0, 0.05) is 6.04 Å². The molecule has 0 fully saturated rings. The van der Waals surface area contributed by atoms with Gasteiger partial charge in [0.1, 0.15) is 0 Å². The third-order valence-corrected chi connectivity index (χ3v) is 2.01. The average Bonchev–Trinajstić information content (AvgIpc) is 2.01. The van der Waals surface area contributed by atoms with Crippen molar-refractivity contribution in [3.05, 3.63) is 12.2 Å². The van der Waals surface area contributed by atoms with E-state index in [4.69, 9.17) is 0 Å². The molecule has 1 unspecified atom stereocenters. The van der Waals surface area contributed by atoms with E-state index in [0.717, 1.165) is 12.0 Å². The van der Waals surface area contributed by atoms with E-state index in [1.54, 1.807) is 6.92 Å². The van der Waals surface area contributed by atoms with Crippen LogP contribution in [0, 0.1) is 0 Å². The summed E-state index contributed by atoms with van der Waals surface area (Å²) in [5.74, 6) is 0. The van der Waals surface area contributed by atoms with Gasteiger partial charge in [-0.15, -0.1) is 0 Å². The lowest BCUT2D eigenvalue weighted by Crippen LogP contribution is -2.33. The number of hydrogen-bond acceptors (Lipinski definition) is 1. The molecule has 0 rings (SSSR count). The monoisotopic (exact) mass is 209 g/mol. The molecule has 0 saturated heterocycles. The average molecular weight is 209 g/mol. The number of halogens is 3. The maximum atomic E-state index is 12.1. The van der Waals surface area contributed by atoms with E-state index in [1.165, 1.54) is 0 Å². The molecule has 0 bridgehead atoms. The highest BCUT2D eigenvalue weighted by molar-refractivity contribution is 4.96. The summed E-state index contributed by atoms with van der Waals surface area (Å²) in [6.45, 7) is 7.98. The summed E-state index contributed by atoms with van der Waals surface area (Å²) in [5, 5.41) is 2.82. The van der Waals surface area contributed by atoms with E-state index in [9.17, 15) is 13.2 Å². The molecular formula is C10H18F3N. The number of rotatable bonds is 6. The lowest BCUT2D eigenvalue weighted by atomic mass is 10.0. The van der Waals surface area contributed by atoms with Gasteiger partial charge in [0.15, 0.2) is 0 Å². The minimum absolute atomic E-state index is 0.407. The molecule has 1 N–H and O–H groups in total. The van der Waals surface area contributed by atoms with Gasteiger partial charge in [-0.3, -0.25) is 0 Å². The Morgan fingerprint density at radius 3 is 2.29 bits per heavy atom. The first-order valence-corrected chi connectivity index (χ1v) is 4.85. The molecule has 14 heavy (non-hydrogen) atoms. The van der Waals surface area contributed by atoms with Gasteiger partial charge in [-0.25, -0.2) is 0 Å². The first-order chi connectivity index (χ1) is 6.39. The SMILES string of the molecule is C=C(CC)CC(CC(F)(F)F)NCC. The molecule has 1 atom stereocenters. The van der Waals surface area contributed by atoms with Crippen molar-refractivity contribution in [2.45, 2.75) is 45.3 Å². The molecule has 0 radical (unpaired) electrons. The minimum Gasteiger partial charge on any atom is -0.314 e. The summed E-state index contributed by atoms with van der Waals surface area (Å²) in [5.41, 5.74) is 0.861. The van der Waals surface area contributed by atoms with Gasteiger partial charge in [0.2, 0.25) is 0 Å². The van der Waals surface area contributed by atoms with E-state index in [2.05, 4.69) is 11.9 Å². The molecule has 1 nitrogen and oxygen atoms in total. The number of alkyl halides is 3. The molecule has 0 amide bonds. The zero-order valence-corrected chi connectivity index (χ0v) is 8.75. The van der Waals surface area contributed by atoms with E-state index in [1.807, 2.05) is 6.92 Å². The lowest BCUT2D eigenvalue weighted by Gasteiger charge is -2.20. The third-order valence-electron chi connectivity index (χ3n) is 2.01. The maximum absolute atomic E-state index is 12.1. The Hall–Kier alpha value is -0.510. The van der Waals surface area contributed by atoms with Crippen LogP contribution in [0.2, 0.25) is 0 Å². The summed E-state index contributed by atoms with van der Waals surface area (Å²) >= 11 is 0. The molecule has 0 saturated carbocycles. The quantitative estimate of drug-likeness (QED) is 0.662. The van der Waals surface area contributed by atoms with Gasteiger partial charge in [0.05, 0.1) is 6.42 Å². The Kier molecular flexibility index (Phi) is 5.84. The van der Waals surface area contributed by atoms with Crippen LogP contribution >= 0.6 is 0 Å². The molecule has 0 heterocycles. The zero-order valence-electron chi connectivity index (χ0n) is 8.75. The second-order valence-corrected chi connectivity index (χ2v) is 3.38. The molecule has 0 spiro atoms. The van der Waals surface area contributed by atoms with Gasteiger partial charge < -0.3 is 5.32 Å². The van der Waals surface area contributed by atoms with Gasteiger partial charge in [-0.05, 0) is 19.4 Å². The van der Waals surface area contributed by atoms with Crippen LogP contribution < -0.4 is 5.32 Å². The van der Waals surface area contributed by atoms with E-state index < -0.39 is 18.6 Å². The normalized spacial score (nSPS) is 14.1. The zero-order chi connectivity index (χ0) is 11.2. The van der Waals surface area contributed by atoms with Gasteiger partial charge in [0.25, 0.3) is 0 Å². The van der Waals surface area contributed by atoms with E-state index in [-0.39, 0.29) is 0 Å². The molecular weight excluding hydrogens is 191 g/mol. The van der Waals surface area contributed by atoms with Crippen molar-refractivity contribution in [1.82, 2.24) is 5.32 Å². The first kappa shape index (κ1) is 13.5. The van der Waals surface area contributed by atoms with Crippen molar-refractivity contribution >= 4 is 0 Å². The molecule has 0 aliphatic rings. The van der Waals surface area contributed by atoms with Crippen molar-refractivity contribution in [3.8, 4) is 0 Å². The smallest absolute Gasteiger partial charge is 0.314 e. The Morgan fingerprint density at radius 1 is 1.36 bits per heavy atom. The second kappa shape index (κ2) is 6.06. The first-order valence-electron chi connectivity index (χ1n) is 4.85. The van der Waals surface area contributed by atoms with Crippen LogP contribution in [0.4, 0.5) is 13.2 Å². The molecule has 0 aliphatic heterocycles. The number of nitrogens with one attached hydrogen (secondary N) is 1. The summed E-state index contributed by atoms with van der Waals surface area (Å²) in [4.78, 5) is 0. The van der Waals surface area contributed by atoms with Crippen molar-refractivity contribution in [2.24, 2.45) is 0 Å². The van der Waals surface area contributed by atoms with Gasteiger partial charge >= 0.3 is 6.18 Å². The summed E-state index contributed by atoms with van der Waals surface area (Å²) in [6, 6.07) is -0.521. The molecule has 84 valence electrons. The summed E-state index contributed by atoms with van der Waals surface area (Å²) < 4.78 is 36.3. The molecule has 0 aliphatic carbocycles. The highest BCUT2D eigenvalue weighted by Gasteiger charge is 2.31. The fraction of sp³-hybridized carbons (Fsp3) is 0.800. The maximum Gasteiger partial charge on any atom is 0.390 e. The van der Waals surface area contributed by atoms with Gasteiger partial charge in [-0.2, -0.15) is 13.2 Å². The van der Waals surface area contributed by atoms with E-state index >= 15 is 0 Å². The van der Waals surface area contributed by atoms with Crippen LogP contribution in [0.3, 0.4) is 0 Å². The van der Waals surface area contributed by atoms with Crippen molar-refractivity contribution < 1.29 is 13.2 Å². The van der Waals surface area contributed by atoms with Gasteiger partial charge in [-0.1, -0.05) is 26.0 Å². The largest absolute Gasteiger partial charge is 0.390 e. The van der Waals surface area contributed by atoms with Crippen molar-refractivity contribution in [2.75, 3.05) is 6.54 Å². The standard InChI is InChI=1S/C10H18F3N/c1-4-8(3)6-9(14-5-2)7-10(11,12)13/h9,14H,3-7H2,1-2H3. The highest BCUT2D eigenvalue weighted by Crippen LogP contribution is 2.24. The van der Waals surface area contributed by atoms with Crippen LogP contribution in [0.1, 0.15) is 33.1 Å². The fourth-order valence-corrected chi connectivity index (χ4v) is 1.28.